The van der Waals surface area contributed by atoms with Gasteiger partial charge in [-0.1, -0.05) is 26.2 Å². The maximum atomic E-state index is 10.4. The van der Waals surface area contributed by atoms with Crippen molar-refractivity contribution in [2.45, 2.75) is 83.3 Å². The van der Waals surface area contributed by atoms with Crippen LogP contribution in [0.2, 0.25) is 0 Å². The molecule has 2 saturated carbocycles. The average Bonchev–Trinajstić information content (AvgIpc) is 2.50. The number of hydrogen-bond donors (Lipinski definition) is 1. The minimum atomic E-state index is -0.0261. The molecule has 2 nitrogen and oxygen atoms in total. The van der Waals surface area contributed by atoms with Gasteiger partial charge in [-0.05, 0) is 69.2 Å². The van der Waals surface area contributed by atoms with E-state index in [-0.39, 0.29) is 6.10 Å². The van der Waals surface area contributed by atoms with Crippen LogP contribution in [-0.2, 0) is 0 Å². The summed E-state index contributed by atoms with van der Waals surface area (Å²) in [5.41, 5.74) is 0. The van der Waals surface area contributed by atoms with Gasteiger partial charge in [0.1, 0.15) is 0 Å². The van der Waals surface area contributed by atoms with Gasteiger partial charge in [0.25, 0.3) is 0 Å². The van der Waals surface area contributed by atoms with E-state index >= 15 is 0 Å². The van der Waals surface area contributed by atoms with Crippen LogP contribution in [-0.4, -0.2) is 35.2 Å². The Morgan fingerprint density at radius 2 is 1.80 bits per heavy atom. The van der Waals surface area contributed by atoms with Crippen molar-refractivity contribution in [3.63, 3.8) is 0 Å². The van der Waals surface area contributed by atoms with E-state index in [1.54, 1.807) is 0 Å². The second-order valence-corrected chi connectivity index (χ2v) is 7.66. The van der Waals surface area contributed by atoms with Gasteiger partial charge in [0.2, 0.25) is 0 Å². The maximum Gasteiger partial charge on any atom is 0.0580 e. The Kier molecular flexibility index (Phi) is 5.04. The molecule has 3 aliphatic rings. The number of aliphatic hydroxyl groups is 1. The summed E-state index contributed by atoms with van der Waals surface area (Å²) in [6.07, 6.45) is 13.5. The van der Waals surface area contributed by atoms with Crippen molar-refractivity contribution in [2.75, 3.05) is 13.1 Å². The molecular weight excluding hydrogens is 246 g/mol. The van der Waals surface area contributed by atoms with Crippen LogP contribution >= 0.6 is 0 Å². The predicted molar refractivity (Wildman–Crippen MR) is 83.7 cm³/mol. The van der Waals surface area contributed by atoms with Crippen molar-refractivity contribution in [1.29, 1.82) is 0 Å². The van der Waals surface area contributed by atoms with E-state index in [0.29, 0.717) is 5.92 Å². The molecule has 5 atom stereocenters. The van der Waals surface area contributed by atoms with Gasteiger partial charge in [0, 0.05) is 12.6 Å². The minimum Gasteiger partial charge on any atom is -0.393 e. The minimum absolute atomic E-state index is 0.0261. The maximum absolute atomic E-state index is 10.4. The Bertz CT molecular complexity index is 304. The first kappa shape index (κ1) is 14.8. The molecule has 116 valence electrons. The second kappa shape index (κ2) is 6.79. The van der Waals surface area contributed by atoms with Crippen LogP contribution in [0, 0.1) is 17.8 Å². The Balaban J connectivity index is 1.60. The molecule has 0 spiro atoms. The quantitative estimate of drug-likeness (QED) is 0.849. The predicted octanol–water partition coefficient (Wildman–Crippen LogP) is 3.83. The van der Waals surface area contributed by atoms with E-state index in [9.17, 15) is 5.11 Å². The number of likely N-dealkylation sites (tertiary alicyclic amines) is 1. The summed E-state index contributed by atoms with van der Waals surface area (Å²) >= 11 is 0. The van der Waals surface area contributed by atoms with Crippen molar-refractivity contribution in [1.82, 2.24) is 4.90 Å². The van der Waals surface area contributed by atoms with Crippen LogP contribution in [0.15, 0.2) is 0 Å². The van der Waals surface area contributed by atoms with Gasteiger partial charge in [0.05, 0.1) is 6.10 Å². The first-order valence-electron chi connectivity index (χ1n) is 9.20. The molecule has 0 amide bonds. The zero-order valence-electron chi connectivity index (χ0n) is 13.3. The first-order valence-corrected chi connectivity index (χ1v) is 9.20. The fraction of sp³-hybridized carbons (Fsp3) is 1.00. The molecule has 5 unspecified atom stereocenters. The SMILES string of the molecule is CCC1CCC(O)C(CN2CCCC3CCCCC32)C1. The molecule has 0 aromatic carbocycles. The third kappa shape index (κ3) is 3.22. The zero-order valence-corrected chi connectivity index (χ0v) is 13.3. The van der Waals surface area contributed by atoms with E-state index in [4.69, 9.17) is 0 Å². The van der Waals surface area contributed by atoms with Gasteiger partial charge in [0.15, 0.2) is 0 Å². The summed E-state index contributed by atoms with van der Waals surface area (Å²) in [6.45, 7) is 4.79. The number of fused-ring (bicyclic) bond motifs is 1. The number of nitrogens with zero attached hydrogens (tertiary/aromatic N) is 1. The summed E-state index contributed by atoms with van der Waals surface area (Å²) in [5, 5.41) is 10.4. The highest BCUT2D eigenvalue weighted by Crippen LogP contribution is 2.38. The highest BCUT2D eigenvalue weighted by molar-refractivity contribution is 4.90. The lowest BCUT2D eigenvalue weighted by Crippen LogP contribution is -2.50. The van der Waals surface area contributed by atoms with E-state index in [1.165, 1.54) is 70.9 Å². The Morgan fingerprint density at radius 1 is 1.00 bits per heavy atom. The van der Waals surface area contributed by atoms with Gasteiger partial charge in [-0.15, -0.1) is 0 Å². The van der Waals surface area contributed by atoms with E-state index < -0.39 is 0 Å². The number of piperidine rings is 1. The lowest BCUT2D eigenvalue weighted by Gasteiger charge is -2.46. The molecule has 3 rings (SSSR count). The van der Waals surface area contributed by atoms with Crippen LogP contribution in [0.5, 0.6) is 0 Å². The van der Waals surface area contributed by atoms with Gasteiger partial charge < -0.3 is 5.11 Å². The summed E-state index contributed by atoms with van der Waals surface area (Å²) in [7, 11) is 0. The summed E-state index contributed by atoms with van der Waals surface area (Å²) in [5.74, 6) is 2.39. The highest BCUT2D eigenvalue weighted by atomic mass is 16.3. The summed E-state index contributed by atoms with van der Waals surface area (Å²) in [4.78, 5) is 2.78. The van der Waals surface area contributed by atoms with Crippen LogP contribution in [0.4, 0.5) is 0 Å². The van der Waals surface area contributed by atoms with Crippen LogP contribution < -0.4 is 0 Å². The third-order valence-electron chi connectivity index (χ3n) is 6.46. The van der Waals surface area contributed by atoms with Gasteiger partial charge >= 0.3 is 0 Å². The Hall–Kier alpha value is -0.0800. The molecule has 1 aliphatic heterocycles. The molecule has 3 fully saturated rings. The third-order valence-corrected chi connectivity index (χ3v) is 6.46. The van der Waals surface area contributed by atoms with E-state index in [2.05, 4.69) is 11.8 Å². The largest absolute Gasteiger partial charge is 0.393 e. The Labute approximate surface area is 124 Å². The number of aliphatic hydroxyl groups excluding tert-OH is 1. The molecule has 2 aliphatic carbocycles. The normalized spacial score (nSPS) is 43.2. The van der Waals surface area contributed by atoms with Crippen molar-refractivity contribution in [2.24, 2.45) is 17.8 Å². The lowest BCUT2D eigenvalue weighted by atomic mass is 9.75. The van der Waals surface area contributed by atoms with Crippen LogP contribution in [0.1, 0.15) is 71.1 Å². The molecule has 0 bridgehead atoms. The van der Waals surface area contributed by atoms with Crippen LogP contribution in [0.3, 0.4) is 0 Å². The smallest absolute Gasteiger partial charge is 0.0580 e. The van der Waals surface area contributed by atoms with Crippen molar-refractivity contribution < 1.29 is 5.11 Å². The number of rotatable bonds is 3. The molecule has 1 saturated heterocycles. The summed E-state index contributed by atoms with van der Waals surface area (Å²) in [6, 6.07) is 0.853. The molecular formula is C18H33NO. The molecule has 0 radical (unpaired) electrons. The zero-order chi connectivity index (χ0) is 13.9. The van der Waals surface area contributed by atoms with E-state index in [1.807, 2.05) is 0 Å². The lowest BCUT2D eigenvalue weighted by molar-refractivity contribution is -0.00892. The molecule has 2 heteroatoms. The monoisotopic (exact) mass is 279 g/mol. The average molecular weight is 279 g/mol. The molecule has 0 aromatic rings. The number of hydrogen-bond acceptors (Lipinski definition) is 2. The van der Waals surface area contributed by atoms with Crippen molar-refractivity contribution in [3.05, 3.63) is 0 Å². The highest BCUT2D eigenvalue weighted by Gasteiger charge is 2.36. The van der Waals surface area contributed by atoms with Gasteiger partial charge in [-0.3, -0.25) is 4.90 Å². The topological polar surface area (TPSA) is 23.5 Å². The fourth-order valence-corrected chi connectivity index (χ4v) is 5.17. The first-order chi connectivity index (χ1) is 9.78. The van der Waals surface area contributed by atoms with E-state index in [0.717, 1.165) is 24.3 Å². The molecule has 1 N–H and O–H groups in total. The van der Waals surface area contributed by atoms with Crippen LogP contribution in [0.25, 0.3) is 0 Å². The molecule has 0 aromatic heterocycles. The Morgan fingerprint density at radius 3 is 2.65 bits per heavy atom. The molecule has 1 heterocycles. The fourth-order valence-electron chi connectivity index (χ4n) is 5.17. The molecule has 20 heavy (non-hydrogen) atoms. The van der Waals surface area contributed by atoms with Crippen molar-refractivity contribution >= 4 is 0 Å². The summed E-state index contributed by atoms with van der Waals surface area (Å²) < 4.78 is 0. The van der Waals surface area contributed by atoms with Crippen molar-refractivity contribution in [3.8, 4) is 0 Å². The standard InChI is InChI=1S/C18H33NO/c1-2-14-9-10-18(20)16(12-14)13-19-11-5-7-15-6-3-4-8-17(15)19/h14-18,20H,2-13H2,1H3. The van der Waals surface area contributed by atoms with Gasteiger partial charge in [-0.25, -0.2) is 0 Å². The second-order valence-electron chi connectivity index (χ2n) is 7.66. The van der Waals surface area contributed by atoms with Gasteiger partial charge in [-0.2, -0.15) is 0 Å².